The maximum atomic E-state index is 10.3. The largest absolute Gasteiger partial charge is 0.481 e. The minimum atomic E-state index is -4.67. The second-order valence-corrected chi connectivity index (χ2v) is 3.58. The van der Waals surface area contributed by atoms with Gasteiger partial charge in [-0.15, -0.1) is 0 Å². The van der Waals surface area contributed by atoms with Crippen LogP contribution in [-0.2, 0) is 18.7 Å². The molecule has 0 atom stereocenters. The normalized spacial score (nSPS) is 11.6. The van der Waals surface area contributed by atoms with Crippen molar-refractivity contribution in [3.05, 3.63) is 0 Å². The second kappa shape index (κ2) is 5.06. The van der Waals surface area contributed by atoms with E-state index in [0.29, 0.717) is 0 Å². The molecule has 0 amide bonds. The van der Waals surface area contributed by atoms with Crippen molar-refractivity contribution in [1.29, 1.82) is 0 Å². The number of rotatable bonds is 6. The lowest BCUT2D eigenvalue weighted by molar-refractivity contribution is -0.155. The average Bonchev–Trinajstić information content (AvgIpc) is 1.94. The van der Waals surface area contributed by atoms with E-state index in [9.17, 15) is 14.2 Å². The zero-order valence-electron chi connectivity index (χ0n) is 6.86. The summed E-state index contributed by atoms with van der Waals surface area (Å²) in [6, 6.07) is 0. The molecule has 0 aromatic carbocycles. The second-order valence-electron chi connectivity index (χ2n) is 2.34. The number of aliphatic carboxylic acids is 2. The number of carboxylic acid groups (broad SMARTS) is 2. The van der Waals surface area contributed by atoms with Gasteiger partial charge in [-0.3, -0.25) is 14.1 Å². The summed E-state index contributed by atoms with van der Waals surface area (Å²) >= 11 is 0. The number of carboxylic acids is 2. The quantitative estimate of drug-likeness (QED) is 0.344. The van der Waals surface area contributed by atoms with Crippen LogP contribution in [0.5, 0.6) is 0 Å². The number of phosphoric acid groups is 1. The zero-order chi connectivity index (χ0) is 11.4. The molecule has 0 bridgehead atoms. The molecule has 0 aliphatic carbocycles. The SMILES string of the molecule is O=C(O)C(CCOP(=O)(O)O)C(=O)O. The molecule has 14 heavy (non-hydrogen) atoms. The summed E-state index contributed by atoms with van der Waals surface area (Å²) in [7, 11) is -4.67. The maximum Gasteiger partial charge on any atom is 0.469 e. The fraction of sp³-hybridized carbons (Fsp3) is 0.600. The summed E-state index contributed by atoms with van der Waals surface area (Å²) in [6.07, 6.45) is -0.504. The van der Waals surface area contributed by atoms with Gasteiger partial charge in [-0.05, 0) is 6.42 Å². The molecule has 0 saturated heterocycles. The molecule has 0 aliphatic heterocycles. The van der Waals surface area contributed by atoms with Gasteiger partial charge in [0, 0.05) is 0 Å². The van der Waals surface area contributed by atoms with Crippen molar-refractivity contribution < 1.29 is 38.7 Å². The average molecular weight is 228 g/mol. The molecule has 0 heterocycles. The van der Waals surface area contributed by atoms with Gasteiger partial charge in [-0.1, -0.05) is 0 Å². The summed E-state index contributed by atoms with van der Waals surface area (Å²) in [5.74, 6) is -4.87. The summed E-state index contributed by atoms with van der Waals surface area (Å²) < 4.78 is 14.0. The molecule has 8 nitrogen and oxygen atoms in total. The van der Waals surface area contributed by atoms with Crippen LogP contribution in [0.2, 0.25) is 0 Å². The van der Waals surface area contributed by atoms with Crippen LogP contribution < -0.4 is 0 Å². The summed E-state index contributed by atoms with van der Waals surface area (Å²) in [6.45, 7) is -0.631. The Morgan fingerprint density at radius 2 is 1.64 bits per heavy atom. The molecule has 0 rings (SSSR count). The first-order valence-electron chi connectivity index (χ1n) is 3.39. The molecule has 0 fully saturated rings. The molecule has 0 radical (unpaired) electrons. The Labute approximate surface area is 78.4 Å². The van der Waals surface area contributed by atoms with E-state index in [2.05, 4.69) is 4.52 Å². The smallest absolute Gasteiger partial charge is 0.469 e. The van der Waals surface area contributed by atoms with Gasteiger partial charge < -0.3 is 20.0 Å². The van der Waals surface area contributed by atoms with Crippen LogP contribution in [0.4, 0.5) is 0 Å². The lowest BCUT2D eigenvalue weighted by atomic mass is 10.1. The Morgan fingerprint density at radius 3 is 1.93 bits per heavy atom. The van der Waals surface area contributed by atoms with Crippen LogP contribution in [0, 0.1) is 5.92 Å². The standard InChI is InChI=1S/C5H9O8P/c6-4(7)3(5(8)9)1-2-13-14(10,11)12/h3H,1-2H2,(H,6,7)(H,8,9)(H2,10,11,12). The predicted octanol–water partition coefficient (Wildman–Crippen LogP) is -0.729. The van der Waals surface area contributed by atoms with Crippen molar-refractivity contribution >= 4 is 19.8 Å². The van der Waals surface area contributed by atoms with Crippen molar-refractivity contribution in [2.45, 2.75) is 6.42 Å². The molecule has 0 aromatic heterocycles. The first-order valence-corrected chi connectivity index (χ1v) is 4.93. The van der Waals surface area contributed by atoms with E-state index in [4.69, 9.17) is 20.0 Å². The maximum absolute atomic E-state index is 10.3. The van der Waals surface area contributed by atoms with E-state index in [0.717, 1.165) is 0 Å². The fourth-order valence-electron chi connectivity index (χ4n) is 0.642. The Morgan fingerprint density at radius 1 is 1.21 bits per heavy atom. The van der Waals surface area contributed by atoms with Crippen LogP contribution in [-0.4, -0.2) is 38.5 Å². The lowest BCUT2D eigenvalue weighted by Gasteiger charge is -2.08. The van der Waals surface area contributed by atoms with Gasteiger partial charge in [0.2, 0.25) is 0 Å². The van der Waals surface area contributed by atoms with Gasteiger partial charge in [0.1, 0.15) is 0 Å². The van der Waals surface area contributed by atoms with Crippen molar-refractivity contribution in [2.24, 2.45) is 5.92 Å². The zero-order valence-corrected chi connectivity index (χ0v) is 7.76. The highest BCUT2D eigenvalue weighted by molar-refractivity contribution is 7.46. The molecule has 0 spiro atoms. The Balaban J connectivity index is 4.03. The number of carbonyl (C=O) groups is 2. The highest BCUT2D eigenvalue weighted by atomic mass is 31.2. The van der Waals surface area contributed by atoms with Crippen LogP contribution >= 0.6 is 7.82 Å². The third-order valence-electron chi connectivity index (χ3n) is 1.26. The van der Waals surface area contributed by atoms with Crippen molar-refractivity contribution in [3.8, 4) is 0 Å². The highest BCUT2D eigenvalue weighted by Crippen LogP contribution is 2.35. The molecule has 0 unspecified atom stereocenters. The van der Waals surface area contributed by atoms with Crippen LogP contribution in [0.25, 0.3) is 0 Å². The van der Waals surface area contributed by atoms with Gasteiger partial charge in [0.15, 0.2) is 5.92 Å². The summed E-state index contributed by atoms with van der Waals surface area (Å²) in [4.78, 5) is 36.9. The van der Waals surface area contributed by atoms with Crippen molar-refractivity contribution in [3.63, 3.8) is 0 Å². The van der Waals surface area contributed by atoms with E-state index in [1.807, 2.05) is 0 Å². The van der Waals surface area contributed by atoms with Gasteiger partial charge in [0.25, 0.3) is 0 Å². The van der Waals surface area contributed by atoms with E-state index >= 15 is 0 Å². The van der Waals surface area contributed by atoms with Gasteiger partial charge in [-0.25, -0.2) is 4.57 Å². The van der Waals surface area contributed by atoms with Crippen molar-refractivity contribution in [2.75, 3.05) is 6.61 Å². The highest BCUT2D eigenvalue weighted by Gasteiger charge is 2.26. The van der Waals surface area contributed by atoms with Crippen LogP contribution in [0.1, 0.15) is 6.42 Å². The fourth-order valence-corrected chi connectivity index (χ4v) is 0.985. The van der Waals surface area contributed by atoms with E-state index in [1.165, 1.54) is 0 Å². The predicted molar refractivity (Wildman–Crippen MR) is 41.4 cm³/mol. The summed E-state index contributed by atoms with van der Waals surface area (Å²) in [5.41, 5.74) is 0. The Hall–Kier alpha value is -0.950. The Kier molecular flexibility index (Phi) is 4.72. The Bertz CT molecular complexity index is 253. The van der Waals surface area contributed by atoms with Crippen LogP contribution in [0.3, 0.4) is 0 Å². The third kappa shape index (κ3) is 5.65. The summed E-state index contributed by atoms with van der Waals surface area (Å²) in [5, 5.41) is 16.7. The minimum absolute atomic E-state index is 0.504. The molecule has 0 saturated carbocycles. The topological polar surface area (TPSA) is 141 Å². The lowest BCUT2D eigenvalue weighted by Crippen LogP contribution is -2.24. The molecule has 4 N–H and O–H groups in total. The molecular formula is C5H9O8P. The third-order valence-corrected chi connectivity index (χ3v) is 1.78. The molecule has 0 aromatic rings. The van der Waals surface area contributed by atoms with E-state index in [1.54, 1.807) is 0 Å². The molecular weight excluding hydrogens is 219 g/mol. The van der Waals surface area contributed by atoms with Crippen molar-refractivity contribution in [1.82, 2.24) is 0 Å². The number of hydrogen-bond acceptors (Lipinski definition) is 4. The number of phosphoric ester groups is 1. The minimum Gasteiger partial charge on any atom is -0.481 e. The van der Waals surface area contributed by atoms with Gasteiger partial charge in [0.05, 0.1) is 6.61 Å². The van der Waals surface area contributed by atoms with Crippen LogP contribution in [0.15, 0.2) is 0 Å². The van der Waals surface area contributed by atoms with E-state index < -0.39 is 38.7 Å². The van der Waals surface area contributed by atoms with Gasteiger partial charge >= 0.3 is 19.8 Å². The monoisotopic (exact) mass is 228 g/mol. The number of hydrogen-bond donors (Lipinski definition) is 4. The van der Waals surface area contributed by atoms with Gasteiger partial charge in [-0.2, -0.15) is 0 Å². The molecule has 0 aliphatic rings. The molecule has 82 valence electrons. The van der Waals surface area contributed by atoms with E-state index in [-0.39, 0.29) is 0 Å². The molecule has 9 heteroatoms. The first-order chi connectivity index (χ1) is 6.24. The first kappa shape index (κ1) is 13.1.